The third-order valence-electron chi connectivity index (χ3n) is 2.01. The van der Waals surface area contributed by atoms with E-state index in [1.807, 2.05) is 19.1 Å². The van der Waals surface area contributed by atoms with E-state index in [0.717, 1.165) is 5.56 Å². The molecule has 0 unspecified atom stereocenters. The Labute approximate surface area is 89.4 Å². The molecule has 1 aromatic carbocycles. The van der Waals surface area contributed by atoms with Crippen molar-refractivity contribution >= 4 is 27.3 Å². The second-order valence-corrected chi connectivity index (χ2v) is 5.56. The lowest BCUT2D eigenvalue weighted by molar-refractivity contribution is 0.599. The highest BCUT2D eigenvalue weighted by atomic mass is 35.5. The summed E-state index contributed by atoms with van der Waals surface area (Å²) in [6.07, 6.45) is 0. The summed E-state index contributed by atoms with van der Waals surface area (Å²) in [4.78, 5) is 0. The molecule has 0 aliphatic heterocycles. The maximum absolute atomic E-state index is 11.4. The summed E-state index contributed by atoms with van der Waals surface area (Å²) in [5, 5.41) is -0.405. The van der Waals surface area contributed by atoms with Gasteiger partial charge in [-0.1, -0.05) is 18.2 Å². The first-order valence-electron chi connectivity index (χ1n) is 4.07. The quantitative estimate of drug-likeness (QED) is 0.749. The number of para-hydroxylation sites is 1. The van der Waals surface area contributed by atoms with E-state index < -0.39 is 15.2 Å². The van der Waals surface area contributed by atoms with E-state index in [0.29, 0.717) is 5.69 Å². The number of rotatable bonds is 3. The van der Waals surface area contributed by atoms with Crippen LogP contribution in [0.5, 0.6) is 0 Å². The zero-order chi connectivity index (χ0) is 10.8. The molecule has 0 atom stereocenters. The van der Waals surface area contributed by atoms with Crippen molar-refractivity contribution in [3.05, 3.63) is 29.8 Å². The van der Waals surface area contributed by atoms with Crippen molar-refractivity contribution < 1.29 is 8.42 Å². The molecule has 0 amide bonds. The van der Waals surface area contributed by atoms with Crippen LogP contribution in [-0.2, 0) is 10.0 Å². The van der Waals surface area contributed by atoms with Crippen LogP contribution >= 0.6 is 11.6 Å². The fourth-order valence-corrected chi connectivity index (χ4v) is 2.23. The van der Waals surface area contributed by atoms with Crippen LogP contribution in [0.1, 0.15) is 5.56 Å². The highest BCUT2D eigenvalue weighted by Crippen LogP contribution is 2.20. The van der Waals surface area contributed by atoms with Crippen molar-refractivity contribution in [1.82, 2.24) is 0 Å². The Bertz CT molecular complexity index is 417. The molecule has 1 rings (SSSR count). The first-order valence-corrected chi connectivity index (χ1v) is 6.21. The molecule has 0 aliphatic carbocycles. The molecule has 0 fully saturated rings. The van der Waals surface area contributed by atoms with Crippen molar-refractivity contribution in [3.63, 3.8) is 0 Å². The second kappa shape index (κ2) is 4.19. The Morgan fingerprint density at radius 3 is 2.43 bits per heavy atom. The van der Waals surface area contributed by atoms with Crippen LogP contribution in [0, 0.1) is 6.92 Å². The molecule has 5 heteroatoms. The Morgan fingerprint density at radius 1 is 1.36 bits per heavy atom. The number of sulfonamides is 1. The Balaban J connectivity index is 3.14. The summed E-state index contributed by atoms with van der Waals surface area (Å²) in [6, 6.07) is 7.26. The largest absolute Gasteiger partial charge is 0.272 e. The summed E-state index contributed by atoms with van der Waals surface area (Å²) in [5.41, 5.74) is 1.57. The monoisotopic (exact) mass is 233 g/mol. The molecule has 0 N–H and O–H groups in total. The lowest BCUT2D eigenvalue weighted by Crippen LogP contribution is -2.27. The van der Waals surface area contributed by atoms with E-state index in [2.05, 4.69) is 0 Å². The van der Waals surface area contributed by atoms with Crippen LogP contribution in [0.2, 0.25) is 0 Å². The first-order chi connectivity index (χ1) is 6.49. The van der Waals surface area contributed by atoms with Crippen LogP contribution in [0.25, 0.3) is 0 Å². The van der Waals surface area contributed by atoms with Crippen molar-refractivity contribution in [1.29, 1.82) is 0 Å². The highest BCUT2D eigenvalue weighted by Gasteiger charge is 2.17. The molecule has 0 radical (unpaired) electrons. The van der Waals surface area contributed by atoms with Gasteiger partial charge in [0.15, 0.2) is 0 Å². The molecule has 0 spiro atoms. The molecule has 3 nitrogen and oxygen atoms in total. The zero-order valence-electron chi connectivity index (χ0n) is 8.07. The average molecular weight is 234 g/mol. The molecule has 0 saturated carbocycles. The smallest absolute Gasteiger partial charge is 0.248 e. The van der Waals surface area contributed by atoms with Crippen molar-refractivity contribution in [3.8, 4) is 0 Å². The van der Waals surface area contributed by atoms with Gasteiger partial charge in [-0.15, -0.1) is 11.6 Å². The highest BCUT2D eigenvalue weighted by molar-refractivity contribution is 7.93. The minimum Gasteiger partial charge on any atom is -0.272 e. The summed E-state index contributed by atoms with van der Waals surface area (Å²) < 4.78 is 24.1. The van der Waals surface area contributed by atoms with E-state index in [-0.39, 0.29) is 0 Å². The predicted octanol–water partition coefficient (Wildman–Crippen LogP) is 1.96. The average Bonchev–Trinajstić information content (AvgIpc) is 2.17. The van der Waals surface area contributed by atoms with Gasteiger partial charge in [0.05, 0.1) is 5.69 Å². The lowest BCUT2D eigenvalue weighted by atomic mass is 10.2. The van der Waals surface area contributed by atoms with E-state index in [1.54, 1.807) is 12.1 Å². The molecule has 0 aliphatic rings. The van der Waals surface area contributed by atoms with Crippen LogP contribution in [0.4, 0.5) is 5.69 Å². The molecule has 14 heavy (non-hydrogen) atoms. The number of halogens is 1. The number of hydrogen-bond acceptors (Lipinski definition) is 2. The molecule has 78 valence electrons. The van der Waals surface area contributed by atoms with Gasteiger partial charge in [0.2, 0.25) is 10.0 Å². The van der Waals surface area contributed by atoms with Crippen LogP contribution in [-0.4, -0.2) is 20.7 Å². The van der Waals surface area contributed by atoms with E-state index in [1.165, 1.54) is 11.4 Å². The van der Waals surface area contributed by atoms with Crippen LogP contribution in [0.3, 0.4) is 0 Å². The molecule has 1 aromatic rings. The standard InChI is InChI=1S/C9H12ClNO2S/c1-8-5-3-4-6-9(8)11(2)14(12,13)7-10/h3-6H,7H2,1-2H3. The molecule has 0 bridgehead atoms. The SMILES string of the molecule is Cc1ccccc1N(C)S(=O)(=O)CCl. The zero-order valence-corrected chi connectivity index (χ0v) is 9.64. The maximum atomic E-state index is 11.4. The summed E-state index contributed by atoms with van der Waals surface area (Å²) >= 11 is 5.36. The van der Waals surface area contributed by atoms with Gasteiger partial charge in [-0.25, -0.2) is 8.42 Å². The van der Waals surface area contributed by atoms with Gasteiger partial charge in [0, 0.05) is 7.05 Å². The van der Waals surface area contributed by atoms with Crippen molar-refractivity contribution in [2.75, 3.05) is 16.6 Å². The second-order valence-electron chi connectivity index (χ2n) is 2.97. The summed E-state index contributed by atoms with van der Waals surface area (Å²) in [5.74, 6) is 0. The minimum absolute atomic E-state index is 0.405. The van der Waals surface area contributed by atoms with Crippen LogP contribution < -0.4 is 4.31 Å². The minimum atomic E-state index is -3.37. The van der Waals surface area contributed by atoms with Gasteiger partial charge >= 0.3 is 0 Å². The van der Waals surface area contributed by atoms with Crippen LogP contribution in [0.15, 0.2) is 24.3 Å². The van der Waals surface area contributed by atoms with Crippen molar-refractivity contribution in [2.45, 2.75) is 6.92 Å². The Kier molecular flexibility index (Phi) is 3.39. The van der Waals surface area contributed by atoms with E-state index in [4.69, 9.17) is 11.6 Å². The summed E-state index contributed by atoms with van der Waals surface area (Å²) in [6.45, 7) is 1.86. The molecular weight excluding hydrogens is 222 g/mol. The number of hydrogen-bond donors (Lipinski definition) is 0. The number of aryl methyl sites for hydroxylation is 1. The van der Waals surface area contributed by atoms with Gasteiger partial charge < -0.3 is 0 Å². The Hall–Kier alpha value is -0.740. The number of nitrogens with zero attached hydrogens (tertiary/aromatic N) is 1. The van der Waals surface area contributed by atoms with E-state index >= 15 is 0 Å². The number of benzene rings is 1. The molecule has 0 aromatic heterocycles. The van der Waals surface area contributed by atoms with E-state index in [9.17, 15) is 8.42 Å². The molecule has 0 heterocycles. The predicted molar refractivity (Wildman–Crippen MR) is 59.2 cm³/mol. The van der Waals surface area contributed by atoms with Gasteiger partial charge in [0.1, 0.15) is 5.21 Å². The third-order valence-corrected chi connectivity index (χ3v) is 4.14. The van der Waals surface area contributed by atoms with Crippen molar-refractivity contribution in [2.24, 2.45) is 0 Å². The fraction of sp³-hybridized carbons (Fsp3) is 0.333. The lowest BCUT2D eigenvalue weighted by Gasteiger charge is -2.19. The van der Waals surface area contributed by atoms with Gasteiger partial charge in [0.25, 0.3) is 0 Å². The number of anilines is 1. The third kappa shape index (κ3) is 2.19. The fourth-order valence-electron chi connectivity index (χ4n) is 1.14. The summed E-state index contributed by atoms with van der Waals surface area (Å²) in [7, 11) is -1.87. The Morgan fingerprint density at radius 2 is 1.93 bits per heavy atom. The maximum Gasteiger partial charge on any atom is 0.248 e. The number of alkyl halides is 1. The van der Waals surface area contributed by atoms with Gasteiger partial charge in [-0.05, 0) is 18.6 Å². The van der Waals surface area contributed by atoms with Gasteiger partial charge in [-0.2, -0.15) is 0 Å². The molecule has 0 saturated heterocycles. The normalized spacial score (nSPS) is 11.4. The topological polar surface area (TPSA) is 37.4 Å². The molecular formula is C9H12ClNO2S. The first kappa shape index (κ1) is 11.3. The van der Waals surface area contributed by atoms with Gasteiger partial charge in [-0.3, -0.25) is 4.31 Å².